The Balaban J connectivity index is 2.43. The number of furan rings is 1. The van der Waals surface area contributed by atoms with E-state index in [0.717, 1.165) is 25.3 Å². The van der Waals surface area contributed by atoms with Gasteiger partial charge < -0.3 is 9.73 Å². The van der Waals surface area contributed by atoms with Crippen LogP contribution < -0.4 is 5.32 Å². The minimum absolute atomic E-state index is 0.298. The summed E-state index contributed by atoms with van der Waals surface area (Å²) in [6.45, 7) is 11.2. The molecular weight excluding hydrogens is 198 g/mol. The van der Waals surface area contributed by atoms with Crippen LogP contribution in [0.4, 0.5) is 0 Å². The summed E-state index contributed by atoms with van der Waals surface area (Å²) in [6, 6.07) is 4.03. The molecule has 0 aliphatic rings. The van der Waals surface area contributed by atoms with E-state index < -0.39 is 0 Å². The van der Waals surface area contributed by atoms with Crippen LogP contribution in [0.5, 0.6) is 0 Å². The molecule has 0 radical (unpaired) electrons. The van der Waals surface area contributed by atoms with Crippen molar-refractivity contribution in [3.8, 4) is 0 Å². The summed E-state index contributed by atoms with van der Waals surface area (Å²) in [4.78, 5) is 0. The molecule has 92 valence electrons. The first-order valence-electron chi connectivity index (χ1n) is 6.29. The second kappa shape index (κ2) is 6.09. The largest absolute Gasteiger partial charge is 0.469 e. The van der Waals surface area contributed by atoms with Crippen molar-refractivity contribution in [1.29, 1.82) is 0 Å². The van der Waals surface area contributed by atoms with Gasteiger partial charge >= 0.3 is 0 Å². The molecule has 2 nitrogen and oxygen atoms in total. The maximum atomic E-state index is 5.43. The highest BCUT2D eigenvalue weighted by atomic mass is 16.3. The van der Waals surface area contributed by atoms with Gasteiger partial charge in [-0.25, -0.2) is 0 Å². The van der Waals surface area contributed by atoms with Gasteiger partial charge in [-0.15, -0.1) is 0 Å². The van der Waals surface area contributed by atoms with Gasteiger partial charge in [0.25, 0.3) is 0 Å². The summed E-state index contributed by atoms with van der Waals surface area (Å²) in [5, 5.41) is 3.55. The normalized spacial score (nSPS) is 15.3. The van der Waals surface area contributed by atoms with Crippen LogP contribution in [-0.4, -0.2) is 13.1 Å². The topological polar surface area (TPSA) is 25.2 Å². The minimum Gasteiger partial charge on any atom is -0.469 e. The highest BCUT2D eigenvalue weighted by molar-refractivity contribution is 5.01. The van der Waals surface area contributed by atoms with Crippen LogP contribution >= 0.6 is 0 Å². The molecule has 16 heavy (non-hydrogen) atoms. The Morgan fingerprint density at radius 1 is 1.44 bits per heavy atom. The van der Waals surface area contributed by atoms with Crippen molar-refractivity contribution in [2.45, 2.75) is 40.5 Å². The first-order valence-corrected chi connectivity index (χ1v) is 6.29. The third kappa shape index (κ3) is 4.40. The van der Waals surface area contributed by atoms with Crippen LogP contribution in [0.2, 0.25) is 0 Å². The fourth-order valence-corrected chi connectivity index (χ4v) is 1.81. The van der Waals surface area contributed by atoms with Crippen LogP contribution in [-0.2, 0) is 6.42 Å². The van der Waals surface area contributed by atoms with E-state index in [-0.39, 0.29) is 0 Å². The molecule has 0 amide bonds. The van der Waals surface area contributed by atoms with Gasteiger partial charge in [0.05, 0.1) is 6.26 Å². The summed E-state index contributed by atoms with van der Waals surface area (Å²) < 4.78 is 5.43. The van der Waals surface area contributed by atoms with Crippen molar-refractivity contribution in [2.24, 2.45) is 11.3 Å². The van der Waals surface area contributed by atoms with E-state index in [1.54, 1.807) is 6.26 Å². The molecule has 0 aliphatic carbocycles. The molecule has 0 saturated heterocycles. The Morgan fingerprint density at radius 3 is 2.69 bits per heavy atom. The van der Waals surface area contributed by atoms with Gasteiger partial charge in [-0.1, -0.05) is 27.7 Å². The summed E-state index contributed by atoms with van der Waals surface area (Å²) in [7, 11) is 0. The molecule has 0 spiro atoms. The molecular formula is C14H25NO. The lowest BCUT2D eigenvalue weighted by molar-refractivity contribution is 0.265. The zero-order chi connectivity index (χ0) is 12.0. The van der Waals surface area contributed by atoms with E-state index in [4.69, 9.17) is 4.42 Å². The molecule has 0 aromatic carbocycles. The smallest absolute Gasteiger partial charge is 0.104 e. The maximum absolute atomic E-state index is 5.43. The summed E-state index contributed by atoms with van der Waals surface area (Å²) in [5.74, 6) is 1.81. The first kappa shape index (κ1) is 13.3. The van der Waals surface area contributed by atoms with Crippen LogP contribution in [0.3, 0.4) is 0 Å². The predicted molar refractivity (Wildman–Crippen MR) is 68.5 cm³/mol. The van der Waals surface area contributed by atoms with Crippen LogP contribution in [0.25, 0.3) is 0 Å². The third-order valence-electron chi connectivity index (χ3n) is 3.14. The Morgan fingerprint density at radius 2 is 2.19 bits per heavy atom. The Kier molecular flexibility index (Phi) is 5.07. The van der Waals surface area contributed by atoms with E-state index in [1.807, 2.05) is 6.07 Å². The van der Waals surface area contributed by atoms with Gasteiger partial charge in [-0.3, -0.25) is 0 Å². The first-order chi connectivity index (χ1) is 7.56. The minimum atomic E-state index is 0.298. The lowest BCUT2D eigenvalue weighted by Crippen LogP contribution is -2.35. The van der Waals surface area contributed by atoms with E-state index in [2.05, 4.69) is 39.1 Å². The molecule has 0 fully saturated rings. The Bertz CT molecular complexity index is 279. The standard InChI is InChI=1S/C14H25NO/c1-5-14(4,11-15-10-12(2)3)9-13-7-6-8-16-13/h6-8,12,15H,5,9-11H2,1-4H3. The quantitative estimate of drug-likeness (QED) is 0.765. The van der Waals surface area contributed by atoms with Crippen molar-refractivity contribution in [1.82, 2.24) is 5.32 Å². The molecule has 0 saturated carbocycles. The van der Waals surface area contributed by atoms with E-state index >= 15 is 0 Å². The van der Waals surface area contributed by atoms with Crippen molar-refractivity contribution >= 4 is 0 Å². The molecule has 1 aromatic rings. The van der Waals surface area contributed by atoms with Gasteiger partial charge in [-0.2, -0.15) is 0 Å². The molecule has 0 aliphatic heterocycles. The number of rotatable bonds is 7. The molecule has 1 atom stereocenters. The predicted octanol–water partition coefficient (Wildman–Crippen LogP) is 3.48. The zero-order valence-electron chi connectivity index (χ0n) is 11.0. The number of hydrogen-bond donors (Lipinski definition) is 1. The van der Waals surface area contributed by atoms with Crippen molar-refractivity contribution < 1.29 is 4.42 Å². The van der Waals surface area contributed by atoms with Crippen LogP contribution in [0, 0.1) is 11.3 Å². The van der Waals surface area contributed by atoms with Gasteiger partial charge in [0, 0.05) is 13.0 Å². The summed E-state index contributed by atoms with van der Waals surface area (Å²) in [5.41, 5.74) is 0.298. The van der Waals surface area contributed by atoms with Gasteiger partial charge in [-0.05, 0) is 36.4 Å². The second-order valence-electron chi connectivity index (χ2n) is 5.45. The Labute approximate surface area is 99.4 Å². The fraction of sp³-hybridized carbons (Fsp3) is 0.714. The number of hydrogen-bond acceptors (Lipinski definition) is 2. The number of nitrogens with one attached hydrogen (secondary N) is 1. The molecule has 1 unspecified atom stereocenters. The van der Waals surface area contributed by atoms with Crippen molar-refractivity contribution in [3.63, 3.8) is 0 Å². The van der Waals surface area contributed by atoms with Gasteiger partial charge in [0.2, 0.25) is 0 Å². The average Bonchev–Trinajstić information content (AvgIpc) is 2.69. The maximum Gasteiger partial charge on any atom is 0.104 e. The SMILES string of the molecule is CCC(C)(CNCC(C)C)Cc1ccco1. The third-order valence-corrected chi connectivity index (χ3v) is 3.14. The fourth-order valence-electron chi connectivity index (χ4n) is 1.81. The van der Waals surface area contributed by atoms with E-state index in [1.165, 1.54) is 6.42 Å². The molecule has 1 rings (SSSR count). The highest BCUT2D eigenvalue weighted by Crippen LogP contribution is 2.25. The average molecular weight is 223 g/mol. The summed E-state index contributed by atoms with van der Waals surface area (Å²) in [6.07, 6.45) is 3.94. The van der Waals surface area contributed by atoms with Crippen molar-refractivity contribution in [3.05, 3.63) is 24.2 Å². The molecule has 1 heterocycles. The molecule has 1 N–H and O–H groups in total. The van der Waals surface area contributed by atoms with E-state index in [9.17, 15) is 0 Å². The molecule has 0 bridgehead atoms. The monoisotopic (exact) mass is 223 g/mol. The lowest BCUT2D eigenvalue weighted by Gasteiger charge is -2.28. The molecule has 1 aromatic heterocycles. The van der Waals surface area contributed by atoms with Crippen LogP contribution in [0.1, 0.15) is 39.9 Å². The lowest BCUT2D eigenvalue weighted by atomic mass is 9.83. The summed E-state index contributed by atoms with van der Waals surface area (Å²) >= 11 is 0. The van der Waals surface area contributed by atoms with Crippen LogP contribution in [0.15, 0.2) is 22.8 Å². The second-order valence-corrected chi connectivity index (χ2v) is 5.45. The molecule has 2 heteroatoms. The zero-order valence-corrected chi connectivity index (χ0v) is 11.0. The van der Waals surface area contributed by atoms with E-state index in [0.29, 0.717) is 11.3 Å². The highest BCUT2D eigenvalue weighted by Gasteiger charge is 2.23. The van der Waals surface area contributed by atoms with Crippen molar-refractivity contribution in [2.75, 3.05) is 13.1 Å². The van der Waals surface area contributed by atoms with Gasteiger partial charge in [0.1, 0.15) is 5.76 Å². The Hall–Kier alpha value is -0.760. The van der Waals surface area contributed by atoms with Gasteiger partial charge in [0.15, 0.2) is 0 Å².